The van der Waals surface area contributed by atoms with E-state index in [-0.39, 0.29) is 0 Å². The van der Waals surface area contributed by atoms with Crippen LogP contribution in [0, 0.1) is 5.92 Å². The van der Waals surface area contributed by atoms with E-state index in [1.165, 1.54) is 64.3 Å². The van der Waals surface area contributed by atoms with Crippen LogP contribution in [-0.2, 0) is 0 Å². The van der Waals surface area contributed by atoms with E-state index >= 15 is 0 Å². The number of nitrogens with two attached hydrogens (primary N) is 1. The predicted octanol–water partition coefficient (Wildman–Crippen LogP) is 3.06. The molecule has 3 N–H and O–H groups in total. The van der Waals surface area contributed by atoms with Gasteiger partial charge in [-0.15, -0.1) is 0 Å². The molecule has 0 aromatic carbocycles. The summed E-state index contributed by atoms with van der Waals surface area (Å²) in [5.74, 6) is 0.813. The molecule has 0 bridgehead atoms. The van der Waals surface area contributed by atoms with E-state index in [1.54, 1.807) is 0 Å². The third-order valence-electron chi connectivity index (χ3n) is 3.76. The van der Waals surface area contributed by atoms with Crippen LogP contribution in [0.1, 0.15) is 64.7 Å². The molecule has 2 atom stereocenters. The smallest absolute Gasteiger partial charge is 0.00419 e. The Bertz CT molecular complexity index is 159. The van der Waals surface area contributed by atoms with Crippen molar-refractivity contribution in [3.8, 4) is 0 Å². The summed E-state index contributed by atoms with van der Waals surface area (Å²) in [6.45, 7) is 4.45. The highest BCUT2D eigenvalue weighted by Gasteiger charge is 2.13. The maximum absolute atomic E-state index is 6.21. The molecule has 16 heavy (non-hydrogen) atoms. The number of rotatable bonds is 3. The Morgan fingerprint density at radius 1 is 1.00 bits per heavy atom. The first-order valence-corrected chi connectivity index (χ1v) is 7.29. The minimum Gasteiger partial charge on any atom is -0.328 e. The summed E-state index contributed by atoms with van der Waals surface area (Å²) >= 11 is 0. The Balaban J connectivity index is 2.32. The monoisotopic (exact) mass is 226 g/mol. The van der Waals surface area contributed by atoms with Gasteiger partial charge >= 0.3 is 0 Å². The summed E-state index contributed by atoms with van der Waals surface area (Å²) < 4.78 is 0. The van der Waals surface area contributed by atoms with Crippen molar-refractivity contribution >= 4 is 0 Å². The lowest BCUT2D eigenvalue weighted by Crippen LogP contribution is -2.29. The molecule has 1 aliphatic carbocycles. The van der Waals surface area contributed by atoms with Crippen molar-refractivity contribution in [2.75, 3.05) is 13.1 Å². The zero-order valence-corrected chi connectivity index (χ0v) is 11.0. The zero-order valence-electron chi connectivity index (χ0n) is 11.0. The van der Waals surface area contributed by atoms with Gasteiger partial charge in [0, 0.05) is 6.04 Å². The van der Waals surface area contributed by atoms with Gasteiger partial charge in [0.15, 0.2) is 0 Å². The molecule has 96 valence electrons. The van der Waals surface area contributed by atoms with Gasteiger partial charge < -0.3 is 11.1 Å². The molecule has 0 aromatic heterocycles. The molecule has 0 amide bonds. The Morgan fingerprint density at radius 2 is 1.62 bits per heavy atom. The second-order valence-corrected chi connectivity index (χ2v) is 5.37. The van der Waals surface area contributed by atoms with Gasteiger partial charge in [0.05, 0.1) is 0 Å². The van der Waals surface area contributed by atoms with Crippen molar-refractivity contribution in [1.82, 2.24) is 5.32 Å². The van der Waals surface area contributed by atoms with Crippen molar-refractivity contribution in [2.45, 2.75) is 70.8 Å². The largest absolute Gasteiger partial charge is 0.328 e. The van der Waals surface area contributed by atoms with Crippen molar-refractivity contribution < 1.29 is 0 Å². The molecule has 1 aliphatic rings. The van der Waals surface area contributed by atoms with Gasteiger partial charge in [-0.3, -0.25) is 0 Å². The average Bonchev–Trinajstić information content (AvgIpc) is 2.32. The fraction of sp³-hybridized carbons (Fsp3) is 1.00. The summed E-state index contributed by atoms with van der Waals surface area (Å²) in [5, 5.41) is 3.48. The van der Waals surface area contributed by atoms with Gasteiger partial charge in [0.25, 0.3) is 0 Å². The lowest BCUT2D eigenvalue weighted by molar-refractivity contribution is 0.367. The van der Waals surface area contributed by atoms with E-state index in [0.717, 1.165) is 12.5 Å². The van der Waals surface area contributed by atoms with Crippen molar-refractivity contribution in [1.29, 1.82) is 0 Å². The third-order valence-corrected chi connectivity index (χ3v) is 3.76. The summed E-state index contributed by atoms with van der Waals surface area (Å²) in [5.41, 5.74) is 6.21. The Morgan fingerprint density at radius 3 is 2.31 bits per heavy atom. The molecular formula is C14H30N2. The molecule has 1 rings (SSSR count). The van der Waals surface area contributed by atoms with Crippen LogP contribution in [0.25, 0.3) is 0 Å². The topological polar surface area (TPSA) is 38.0 Å². The molecule has 0 aliphatic heterocycles. The molecule has 0 heterocycles. The molecule has 2 heteroatoms. The number of nitrogens with one attached hydrogen (secondary N) is 1. The maximum Gasteiger partial charge on any atom is 0.00419 e. The van der Waals surface area contributed by atoms with E-state index in [1.807, 2.05) is 0 Å². The maximum atomic E-state index is 6.21. The molecule has 2 nitrogen and oxygen atoms in total. The minimum absolute atomic E-state index is 0.446. The molecule has 0 aromatic rings. The van der Waals surface area contributed by atoms with Gasteiger partial charge in [-0.2, -0.15) is 0 Å². The van der Waals surface area contributed by atoms with E-state index in [2.05, 4.69) is 12.2 Å². The van der Waals surface area contributed by atoms with Crippen LogP contribution in [0.4, 0.5) is 0 Å². The standard InChI is InChI=1S/C14H30N2/c1-2-16-12-13-9-7-5-3-4-6-8-10-14(15)11-13/h13-14,16H,2-12,15H2,1H3. The normalized spacial score (nSPS) is 29.6. The minimum atomic E-state index is 0.446. The highest BCUT2D eigenvalue weighted by molar-refractivity contribution is 4.71. The zero-order chi connectivity index (χ0) is 11.6. The Kier molecular flexibility index (Phi) is 7.87. The van der Waals surface area contributed by atoms with E-state index in [4.69, 9.17) is 5.73 Å². The summed E-state index contributed by atoms with van der Waals surface area (Å²) in [7, 11) is 0. The van der Waals surface area contributed by atoms with Crippen molar-refractivity contribution in [3.05, 3.63) is 0 Å². The van der Waals surface area contributed by atoms with Crippen LogP contribution in [0.3, 0.4) is 0 Å². The van der Waals surface area contributed by atoms with Crippen LogP contribution in [0.5, 0.6) is 0 Å². The second kappa shape index (κ2) is 9.00. The van der Waals surface area contributed by atoms with Crippen molar-refractivity contribution in [3.63, 3.8) is 0 Å². The molecule has 0 saturated heterocycles. The molecule has 0 radical (unpaired) electrons. The van der Waals surface area contributed by atoms with Crippen LogP contribution in [0.2, 0.25) is 0 Å². The predicted molar refractivity (Wildman–Crippen MR) is 71.6 cm³/mol. The highest BCUT2D eigenvalue weighted by atomic mass is 14.8. The lowest BCUT2D eigenvalue weighted by atomic mass is 9.93. The fourth-order valence-corrected chi connectivity index (χ4v) is 2.74. The van der Waals surface area contributed by atoms with Gasteiger partial charge in [0.2, 0.25) is 0 Å². The van der Waals surface area contributed by atoms with Crippen LogP contribution < -0.4 is 11.1 Å². The van der Waals surface area contributed by atoms with Crippen molar-refractivity contribution in [2.24, 2.45) is 11.7 Å². The van der Waals surface area contributed by atoms with E-state index in [0.29, 0.717) is 6.04 Å². The van der Waals surface area contributed by atoms with Gasteiger partial charge in [0.1, 0.15) is 0 Å². The molecule has 2 unspecified atom stereocenters. The second-order valence-electron chi connectivity index (χ2n) is 5.37. The summed E-state index contributed by atoms with van der Waals surface area (Å²) in [4.78, 5) is 0. The summed E-state index contributed by atoms with van der Waals surface area (Å²) in [6.07, 6.45) is 12.3. The molecule has 1 fully saturated rings. The quantitative estimate of drug-likeness (QED) is 0.776. The Hall–Kier alpha value is -0.0800. The van der Waals surface area contributed by atoms with Crippen LogP contribution in [0.15, 0.2) is 0 Å². The lowest BCUT2D eigenvalue weighted by Gasteiger charge is -2.20. The van der Waals surface area contributed by atoms with E-state index in [9.17, 15) is 0 Å². The SMILES string of the molecule is CCNCC1CCCCCCCCC(N)C1. The van der Waals surface area contributed by atoms with Gasteiger partial charge in [-0.1, -0.05) is 45.4 Å². The third kappa shape index (κ3) is 6.49. The van der Waals surface area contributed by atoms with Crippen LogP contribution in [-0.4, -0.2) is 19.1 Å². The molecular weight excluding hydrogens is 196 g/mol. The van der Waals surface area contributed by atoms with Crippen LogP contribution >= 0.6 is 0 Å². The first-order valence-electron chi connectivity index (χ1n) is 7.29. The number of hydrogen-bond acceptors (Lipinski definition) is 2. The average molecular weight is 226 g/mol. The first-order chi connectivity index (χ1) is 7.83. The van der Waals surface area contributed by atoms with Gasteiger partial charge in [-0.25, -0.2) is 0 Å². The van der Waals surface area contributed by atoms with E-state index < -0.39 is 0 Å². The fourth-order valence-electron chi connectivity index (χ4n) is 2.74. The first kappa shape index (κ1) is 14.0. The molecule has 1 saturated carbocycles. The highest BCUT2D eigenvalue weighted by Crippen LogP contribution is 2.20. The Labute approximate surface area is 101 Å². The van der Waals surface area contributed by atoms with Gasteiger partial charge in [-0.05, 0) is 38.3 Å². The molecule has 0 spiro atoms. The number of hydrogen-bond donors (Lipinski definition) is 2. The summed E-state index contributed by atoms with van der Waals surface area (Å²) in [6, 6.07) is 0.446.